The average Bonchev–Trinajstić information content (AvgIpc) is 3.10. The molecular formula is C19H28ClNO3. The Morgan fingerprint density at radius 1 is 1.29 bits per heavy atom. The summed E-state index contributed by atoms with van der Waals surface area (Å²) in [6, 6.07) is 10.1. The predicted molar refractivity (Wildman–Crippen MR) is 96.6 cm³/mol. The number of ether oxygens (including phenoxy) is 2. The molecule has 0 aromatic heterocycles. The summed E-state index contributed by atoms with van der Waals surface area (Å²) in [5, 5.41) is 0. The Morgan fingerprint density at radius 3 is 2.58 bits per heavy atom. The molecule has 0 radical (unpaired) electrons. The SMILES string of the molecule is CCOC(=O)C1(c2ccccc2)CCN(CC2CCCO2)CC1.Cl. The number of benzene rings is 1. The summed E-state index contributed by atoms with van der Waals surface area (Å²) in [5.41, 5.74) is 0.611. The van der Waals surface area contributed by atoms with E-state index < -0.39 is 5.41 Å². The number of carbonyl (C=O) groups excluding carboxylic acids is 1. The van der Waals surface area contributed by atoms with Gasteiger partial charge in [-0.25, -0.2) is 0 Å². The zero-order chi connectivity index (χ0) is 16.1. The van der Waals surface area contributed by atoms with Gasteiger partial charge in [-0.05, 0) is 51.3 Å². The Hall–Kier alpha value is -1.10. The topological polar surface area (TPSA) is 38.8 Å². The van der Waals surface area contributed by atoms with E-state index in [0.717, 1.165) is 51.1 Å². The van der Waals surface area contributed by atoms with Crippen molar-refractivity contribution in [1.29, 1.82) is 0 Å². The average molecular weight is 354 g/mol. The lowest BCUT2D eigenvalue weighted by atomic mass is 9.72. The highest BCUT2D eigenvalue weighted by Crippen LogP contribution is 2.37. The van der Waals surface area contributed by atoms with Gasteiger partial charge in [-0.15, -0.1) is 12.4 Å². The summed E-state index contributed by atoms with van der Waals surface area (Å²) in [6.07, 6.45) is 4.36. The first-order valence-electron chi connectivity index (χ1n) is 8.81. The van der Waals surface area contributed by atoms with Crippen LogP contribution in [0.2, 0.25) is 0 Å². The maximum atomic E-state index is 12.7. The Kier molecular flexibility index (Phi) is 7.08. The molecule has 1 atom stereocenters. The highest BCUT2D eigenvalue weighted by molar-refractivity contribution is 5.85. The molecule has 0 amide bonds. The molecule has 1 unspecified atom stereocenters. The van der Waals surface area contributed by atoms with Crippen LogP contribution in [0.5, 0.6) is 0 Å². The molecule has 24 heavy (non-hydrogen) atoms. The van der Waals surface area contributed by atoms with Crippen molar-refractivity contribution in [3.8, 4) is 0 Å². The monoisotopic (exact) mass is 353 g/mol. The highest BCUT2D eigenvalue weighted by atomic mass is 35.5. The van der Waals surface area contributed by atoms with Crippen molar-refractivity contribution in [3.63, 3.8) is 0 Å². The van der Waals surface area contributed by atoms with Gasteiger partial charge in [0.15, 0.2) is 0 Å². The second-order valence-electron chi connectivity index (χ2n) is 6.60. The fourth-order valence-electron chi connectivity index (χ4n) is 3.83. The van der Waals surface area contributed by atoms with Crippen molar-refractivity contribution >= 4 is 18.4 Å². The largest absolute Gasteiger partial charge is 0.465 e. The Labute approximate surface area is 150 Å². The zero-order valence-electron chi connectivity index (χ0n) is 14.4. The molecule has 3 rings (SSSR count). The molecule has 2 fully saturated rings. The smallest absolute Gasteiger partial charge is 0.316 e. The van der Waals surface area contributed by atoms with E-state index in [1.165, 1.54) is 6.42 Å². The van der Waals surface area contributed by atoms with Crippen LogP contribution in [0, 0.1) is 0 Å². The highest BCUT2D eigenvalue weighted by Gasteiger charge is 2.44. The maximum absolute atomic E-state index is 12.7. The molecule has 2 saturated heterocycles. The van der Waals surface area contributed by atoms with E-state index in [1.807, 2.05) is 25.1 Å². The van der Waals surface area contributed by atoms with Crippen LogP contribution in [0.4, 0.5) is 0 Å². The first kappa shape index (κ1) is 19.2. The van der Waals surface area contributed by atoms with E-state index in [4.69, 9.17) is 9.47 Å². The van der Waals surface area contributed by atoms with Crippen LogP contribution >= 0.6 is 12.4 Å². The molecular weight excluding hydrogens is 326 g/mol. The molecule has 2 heterocycles. The number of hydrogen-bond donors (Lipinski definition) is 0. The number of likely N-dealkylation sites (tertiary alicyclic amines) is 1. The molecule has 1 aromatic rings. The van der Waals surface area contributed by atoms with Gasteiger partial charge in [0.05, 0.1) is 18.1 Å². The summed E-state index contributed by atoms with van der Waals surface area (Å²) < 4.78 is 11.2. The molecule has 0 bridgehead atoms. The van der Waals surface area contributed by atoms with Gasteiger partial charge >= 0.3 is 5.97 Å². The fourth-order valence-corrected chi connectivity index (χ4v) is 3.83. The van der Waals surface area contributed by atoms with Gasteiger partial charge in [0, 0.05) is 13.2 Å². The first-order valence-corrected chi connectivity index (χ1v) is 8.81. The molecule has 4 nitrogen and oxygen atoms in total. The quantitative estimate of drug-likeness (QED) is 0.762. The Bertz CT molecular complexity index is 509. The minimum atomic E-state index is -0.482. The fraction of sp³-hybridized carbons (Fsp3) is 0.632. The van der Waals surface area contributed by atoms with Crippen LogP contribution < -0.4 is 0 Å². The van der Waals surface area contributed by atoms with Crippen molar-refractivity contribution in [2.75, 3.05) is 32.8 Å². The minimum absolute atomic E-state index is 0. The molecule has 5 heteroatoms. The lowest BCUT2D eigenvalue weighted by Gasteiger charge is -2.40. The second kappa shape index (κ2) is 8.84. The lowest BCUT2D eigenvalue weighted by molar-refractivity contribution is -0.152. The maximum Gasteiger partial charge on any atom is 0.316 e. The number of halogens is 1. The Morgan fingerprint density at radius 2 is 2.00 bits per heavy atom. The number of rotatable bonds is 5. The van der Waals surface area contributed by atoms with Gasteiger partial charge in [0.2, 0.25) is 0 Å². The van der Waals surface area contributed by atoms with Gasteiger partial charge in [0.25, 0.3) is 0 Å². The van der Waals surface area contributed by atoms with Gasteiger partial charge in [-0.1, -0.05) is 30.3 Å². The van der Waals surface area contributed by atoms with Crippen LogP contribution in [0.25, 0.3) is 0 Å². The number of piperidine rings is 1. The van der Waals surface area contributed by atoms with E-state index in [-0.39, 0.29) is 18.4 Å². The molecule has 1 aromatic carbocycles. The van der Waals surface area contributed by atoms with Crippen molar-refractivity contribution in [1.82, 2.24) is 4.90 Å². The summed E-state index contributed by atoms with van der Waals surface area (Å²) in [5.74, 6) is -0.0667. The van der Waals surface area contributed by atoms with Crippen LogP contribution in [0.3, 0.4) is 0 Å². The number of esters is 1. The molecule has 0 N–H and O–H groups in total. The van der Waals surface area contributed by atoms with Gasteiger partial charge in [-0.3, -0.25) is 4.79 Å². The van der Waals surface area contributed by atoms with Crippen LogP contribution in [0.15, 0.2) is 30.3 Å². The van der Waals surface area contributed by atoms with Crippen molar-refractivity contribution < 1.29 is 14.3 Å². The van der Waals surface area contributed by atoms with E-state index in [9.17, 15) is 4.79 Å². The molecule has 0 spiro atoms. The predicted octanol–water partition coefficient (Wildman–Crippen LogP) is 3.18. The zero-order valence-corrected chi connectivity index (χ0v) is 15.2. The van der Waals surface area contributed by atoms with Gasteiger partial charge in [-0.2, -0.15) is 0 Å². The number of nitrogens with zero attached hydrogens (tertiary/aromatic N) is 1. The minimum Gasteiger partial charge on any atom is -0.465 e. The number of carbonyl (C=O) groups is 1. The van der Waals surface area contributed by atoms with Crippen molar-refractivity contribution in [3.05, 3.63) is 35.9 Å². The summed E-state index contributed by atoms with van der Waals surface area (Å²) in [4.78, 5) is 15.1. The summed E-state index contributed by atoms with van der Waals surface area (Å²) in [6.45, 7) is 6.06. The van der Waals surface area contributed by atoms with Crippen LogP contribution in [-0.4, -0.2) is 49.8 Å². The molecule has 0 saturated carbocycles. The van der Waals surface area contributed by atoms with E-state index >= 15 is 0 Å². The van der Waals surface area contributed by atoms with E-state index in [1.54, 1.807) is 0 Å². The summed E-state index contributed by atoms with van der Waals surface area (Å²) >= 11 is 0. The van der Waals surface area contributed by atoms with Crippen LogP contribution in [-0.2, 0) is 19.7 Å². The van der Waals surface area contributed by atoms with Crippen molar-refractivity contribution in [2.45, 2.75) is 44.1 Å². The third-order valence-electron chi connectivity index (χ3n) is 5.19. The summed E-state index contributed by atoms with van der Waals surface area (Å²) in [7, 11) is 0. The van der Waals surface area contributed by atoms with Crippen LogP contribution in [0.1, 0.15) is 38.2 Å². The molecule has 2 aliphatic heterocycles. The normalized spacial score (nSPS) is 23.5. The van der Waals surface area contributed by atoms with Gasteiger partial charge in [0.1, 0.15) is 0 Å². The third kappa shape index (κ3) is 4.11. The standard InChI is InChI=1S/C19H27NO3.ClH/c1-2-22-18(21)19(16-7-4-3-5-8-16)10-12-20(13-11-19)15-17-9-6-14-23-17;/h3-5,7-8,17H,2,6,9-15H2,1H3;1H. The third-order valence-corrected chi connectivity index (χ3v) is 5.19. The van der Waals surface area contributed by atoms with Crippen molar-refractivity contribution in [2.24, 2.45) is 0 Å². The first-order chi connectivity index (χ1) is 11.2. The second-order valence-corrected chi connectivity index (χ2v) is 6.60. The van der Waals surface area contributed by atoms with E-state index in [2.05, 4.69) is 17.0 Å². The number of hydrogen-bond acceptors (Lipinski definition) is 4. The lowest BCUT2D eigenvalue weighted by Crippen LogP contribution is -2.49. The van der Waals surface area contributed by atoms with Gasteiger partial charge < -0.3 is 14.4 Å². The Balaban J connectivity index is 0.00000208. The molecule has 134 valence electrons. The molecule has 2 aliphatic rings. The molecule has 0 aliphatic carbocycles. The van der Waals surface area contributed by atoms with E-state index in [0.29, 0.717) is 12.7 Å².